The minimum Gasteiger partial charge on any atom is -0.497 e. The number of nitrogens with zero attached hydrogens (tertiary/aromatic N) is 4. The number of aliphatic hydroxyl groups is 1. The number of azide groups is 1. The third-order valence-electron chi connectivity index (χ3n) is 7.64. The normalized spacial score (nSPS) is 16.7. The number of hydrogen-bond acceptors (Lipinski definition) is 9. The largest absolute Gasteiger partial charge is 0.497 e. The van der Waals surface area contributed by atoms with Crippen molar-refractivity contribution in [2.24, 2.45) is 10.1 Å². The van der Waals surface area contributed by atoms with Gasteiger partial charge < -0.3 is 24.1 Å². The van der Waals surface area contributed by atoms with E-state index in [0.29, 0.717) is 47.1 Å². The summed E-state index contributed by atoms with van der Waals surface area (Å²) >= 11 is 0. The Morgan fingerprint density at radius 3 is 2.36 bits per heavy atom. The third-order valence-corrected chi connectivity index (χ3v) is 7.64. The van der Waals surface area contributed by atoms with Crippen molar-refractivity contribution in [3.63, 3.8) is 0 Å². The maximum absolute atomic E-state index is 14.5. The molecule has 1 aliphatic heterocycles. The Balaban J connectivity index is 1.53. The van der Waals surface area contributed by atoms with Gasteiger partial charge in [-0.25, -0.2) is 10.4 Å². The summed E-state index contributed by atoms with van der Waals surface area (Å²) in [6.45, 7) is 0.682. The van der Waals surface area contributed by atoms with Crippen molar-refractivity contribution in [1.29, 1.82) is 0 Å². The predicted octanol–water partition coefficient (Wildman–Crippen LogP) is 5.73. The van der Waals surface area contributed by atoms with E-state index >= 15 is 0 Å². The lowest BCUT2D eigenvalue weighted by Crippen LogP contribution is -2.53. The topological polar surface area (TPSA) is 159 Å². The number of ether oxygens (including phenoxy) is 4. The highest BCUT2D eigenvalue weighted by Gasteiger charge is 2.53. The number of benzene rings is 4. The van der Waals surface area contributed by atoms with Crippen LogP contribution in [0.5, 0.6) is 17.2 Å². The predicted molar refractivity (Wildman–Crippen MR) is 177 cm³/mol. The number of aliphatic imine (C=N–C) groups is 1. The highest BCUT2D eigenvalue weighted by atomic mass is 16.5. The maximum Gasteiger partial charge on any atom is 0.266 e. The quantitative estimate of drug-likeness (QED) is 0.0494. The Labute approximate surface area is 272 Å². The molecule has 0 aromatic heterocycles. The Morgan fingerprint density at radius 2 is 1.68 bits per heavy atom. The van der Waals surface area contributed by atoms with Gasteiger partial charge in [-0.05, 0) is 58.6 Å². The zero-order chi connectivity index (χ0) is 33.1. The first-order valence-electron chi connectivity index (χ1n) is 15.0. The van der Waals surface area contributed by atoms with Crippen molar-refractivity contribution < 1.29 is 28.8 Å². The number of amides is 1. The van der Waals surface area contributed by atoms with Crippen LogP contribution >= 0.6 is 0 Å². The molecule has 4 aromatic rings. The summed E-state index contributed by atoms with van der Waals surface area (Å²) in [5.74, 6) is 1.69. The molecule has 2 atom stereocenters. The average Bonchev–Trinajstić information content (AvgIpc) is 3.50. The molecule has 1 aliphatic rings. The lowest BCUT2D eigenvalue weighted by Gasteiger charge is -2.31. The summed E-state index contributed by atoms with van der Waals surface area (Å²) < 4.78 is 23.0. The van der Waals surface area contributed by atoms with E-state index in [1.54, 1.807) is 44.6 Å². The molecule has 0 spiro atoms. The molecule has 0 radical (unpaired) electrons. The molecule has 242 valence electrons. The molecule has 0 fully saturated rings. The number of rotatable bonds is 15. The molecule has 1 heterocycles. The Morgan fingerprint density at radius 1 is 0.979 bits per heavy atom. The van der Waals surface area contributed by atoms with E-state index in [1.165, 1.54) is 0 Å². The van der Waals surface area contributed by atoms with Crippen LogP contribution in [-0.4, -0.2) is 49.9 Å². The van der Waals surface area contributed by atoms with E-state index in [4.69, 9.17) is 29.0 Å². The van der Waals surface area contributed by atoms with E-state index in [-0.39, 0.29) is 25.5 Å². The van der Waals surface area contributed by atoms with Gasteiger partial charge in [0.1, 0.15) is 17.2 Å². The third kappa shape index (κ3) is 7.82. The fourth-order valence-corrected chi connectivity index (χ4v) is 5.31. The van der Waals surface area contributed by atoms with Crippen molar-refractivity contribution in [2.45, 2.75) is 31.0 Å². The Bertz CT molecular complexity index is 1720. The van der Waals surface area contributed by atoms with Gasteiger partial charge in [0.25, 0.3) is 5.91 Å². The molecule has 47 heavy (non-hydrogen) atoms. The zero-order valence-corrected chi connectivity index (χ0v) is 26.1. The standard InChI is InChI=1S/C35H36N6O6/c1-44-29-19-24(20-30(21-29)45-2)23-37-40-34(43)35(22-27-11-6-7-12-31(27)39-41-36)32(25-9-4-3-5-10-25)47-33(38-35)26-13-15-28(16-14-26)46-18-8-17-42/h3-7,9-16,19-21,32,37,42H,8,17-18,22-23H2,1-2H3,(H,40,43)/t32-,35-/m0/s1. The molecule has 0 bridgehead atoms. The second-order valence-electron chi connectivity index (χ2n) is 10.7. The van der Waals surface area contributed by atoms with Crippen LogP contribution in [0.25, 0.3) is 10.4 Å². The van der Waals surface area contributed by atoms with Crippen molar-refractivity contribution in [3.05, 3.63) is 130 Å². The molecular weight excluding hydrogens is 600 g/mol. The van der Waals surface area contributed by atoms with Crippen molar-refractivity contribution >= 4 is 17.5 Å². The van der Waals surface area contributed by atoms with Crippen LogP contribution in [0.3, 0.4) is 0 Å². The number of carbonyl (C=O) groups is 1. The second kappa shape index (κ2) is 15.6. The van der Waals surface area contributed by atoms with Crippen LogP contribution in [-0.2, 0) is 22.5 Å². The lowest BCUT2D eigenvalue weighted by molar-refractivity contribution is -0.130. The van der Waals surface area contributed by atoms with Gasteiger partial charge in [0, 0.05) is 48.2 Å². The molecule has 1 amide bonds. The SMILES string of the molecule is COc1cc(CNNC(=O)[C@@]2(Cc3ccccc3N=[N+]=[N-])N=C(c3ccc(OCCCO)cc3)O[C@H]2c2ccccc2)cc(OC)c1. The molecule has 0 saturated carbocycles. The van der Waals surface area contributed by atoms with Crippen LogP contribution in [0.1, 0.15) is 34.8 Å². The molecule has 0 aliphatic carbocycles. The minimum absolute atomic E-state index is 0.0408. The molecule has 12 heteroatoms. The minimum atomic E-state index is -1.52. The van der Waals surface area contributed by atoms with Crippen LogP contribution < -0.4 is 25.1 Å². The van der Waals surface area contributed by atoms with E-state index in [9.17, 15) is 10.3 Å². The number of aliphatic hydroxyl groups excluding tert-OH is 1. The van der Waals surface area contributed by atoms with Crippen LogP contribution in [0.2, 0.25) is 0 Å². The van der Waals surface area contributed by atoms with Crippen molar-refractivity contribution in [3.8, 4) is 17.2 Å². The van der Waals surface area contributed by atoms with Gasteiger partial charge in [-0.3, -0.25) is 10.2 Å². The van der Waals surface area contributed by atoms with Gasteiger partial charge in [0.15, 0.2) is 11.6 Å². The molecule has 4 aromatic carbocycles. The highest BCUT2D eigenvalue weighted by molar-refractivity contribution is 6.01. The number of nitrogens with one attached hydrogen (secondary N) is 2. The molecule has 3 N–H and O–H groups in total. The summed E-state index contributed by atoms with van der Waals surface area (Å²) in [5.41, 5.74) is 16.9. The fraction of sp³-hybridized carbons (Fsp3) is 0.257. The summed E-state index contributed by atoms with van der Waals surface area (Å²) in [6, 6.07) is 29.1. The number of methoxy groups -OCH3 is 2. The lowest BCUT2D eigenvalue weighted by atomic mass is 9.81. The summed E-state index contributed by atoms with van der Waals surface area (Å²) in [4.78, 5) is 22.5. The first-order valence-corrected chi connectivity index (χ1v) is 15.0. The van der Waals surface area contributed by atoms with E-state index in [1.807, 2.05) is 66.7 Å². The number of carbonyl (C=O) groups excluding carboxylic acids is 1. The summed E-state index contributed by atoms with van der Waals surface area (Å²) in [7, 11) is 3.14. The average molecular weight is 637 g/mol. The van der Waals surface area contributed by atoms with Crippen molar-refractivity contribution in [2.75, 3.05) is 27.4 Å². The van der Waals surface area contributed by atoms with Gasteiger partial charge in [-0.15, -0.1) is 0 Å². The Hall–Kier alpha value is -5.55. The van der Waals surface area contributed by atoms with E-state index in [2.05, 4.69) is 20.9 Å². The van der Waals surface area contributed by atoms with E-state index < -0.39 is 17.6 Å². The van der Waals surface area contributed by atoms with Gasteiger partial charge in [0.2, 0.25) is 5.90 Å². The van der Waals surface area contributed by atoms with Gasteiger partial charge >= 0.3 is 0 Å². The van der Waals surface area contributed by atoms with Gasteiger partial charge in [-0.1, -0.05) is 59.7 Å². The first-order chi connectivity index (χ1) is 23.0. The van der Waals surface area contributed by atoms with Crippen LogP contribution in [0.15, 0.2) is 107 Å². The fourth-order valence-electron chi connectivity index (χ4n) is 5.31. The zero-order valence-electron chi connectivity index (χ0n) is 26.1. The van der Waals surface area contributed by atoms with Crippen LogP contribution in [0.4, 0.5) is 5.69 Å². The second-order valence-corrected chi connectivity index (χ2v) is 10.7. The first kappa shape index (κ1) is 32.8. The Kier molecular flexibility index (Phi) is 10.9. The smallest absolute Gasteiger partial charge is 0.266 e. The van der Waals surface area contributed by atoms with Crippen molar-refractivity contribution in [1.82, 2.24) is 10.9 Å². The highest BCUT2D eigenvalue weighted by Crippen LogP contribution is 2.43. The van der Waals surface area contributed by atoms with E-state index in [0.717, 1.165) is 11.1 Å². The molecule has 0 saturated heterocycles. The van der Waals surface area contributed by atoms with Crippen LogP contribution in [0, 0.1) is 0 Å². The summed E-state index contributed by atoms with van der Waals surface area (Å²) in [6.07, 6.45) is -0.254. The summed E-state index contributed by atoms with van der Waals surface area (Å²) in [5, 5.41) is 12.9. The van der Waals surface area contributed by atoms with Gasteiger partial charge in [-0.2, -0.15) is 0 Å². The number of hydrogen-bond donors (Lipinski definition) is 3. The van der Waals surface area contributed by atoms with Gasteiger partial charge in [0.05, 0.1) is 20.8 Å². The monoisotopic (exact) mass is 636 g/mol. The maximum atomic E-state index is 14.5. The molecule has 0 unspecified atom stereocenters. The molecule has 12 nitrogen and oxygen atoms in total. The molecular formula is C35H36N6O6. The molecule has 5 rings (SSSR count). The number of hydrazine groups is 1.